The fraction of sp³-hybridized carbons (Fsp3) is 0.133. The lowest BCUT2D eigenvalue weighted by molar-refractivity contribution is 0.174. The second kappa shape index (κ2) is 5.70. The summed E-state index contributed by atoms with van der Waals surface area (Å²) in [5.74, 6) is 0.870. The maximum absolute atomic E-state index is 13.4. The van der Waals surface area contributed by atoms with Crippen LogP contribution in [0.4, 0.5) is 14.9 Å². The molecule has 2 aromatic rings. The van der Waals surface area contributed by atoms with Gasteiger partial charge in [0.05, 0.1) is 5.69 Å². The lowest BCUT2D eigenvalue weighted by Gasteiger charge is -2.08. The molecule has 0 aliphatic carbocycles. The molecule has 21 heavy (non-hydrogen) atoms. The van der Waals surface area contributed by atoms with Crippen molar-refractivity contribution in [3.05, 3.63) is 53.8 Å². The van der Waals surface area contributed by atoms with Crippen molar-refractivity contribution in [2.45, 2.75) is 6.54 Å². The predicted molar refractivity (Wildman–Crippen MR) is 74.8 cm³/mol. The highest BCUT2D eigenvalue weighted by molar-refractivity contribution is 5.89. The van der Waals surface area contributed by atoms with Crippen molar-refractivity contribution in [2.75, 3.05) is 12.1 Å². The number of para-hydroxylation sites is 1. The first-order chi connectivity index (χ1) is 10.2. The molecule has 5 nitrogen and oxygen atoms in total. The van der Waals surface area contributed by atoms with Gasteiger partial charge < -0.3 is 20.1 Å². The van der Waals surface area contributed by atoms with Crippen LogP contribution in [0, 0.1) is 5.82 Å². The third kappa shape index (κ3) is 3.05. The molecular formula is C15H13FN2O3. The van der Waals surface area contributed by atoms with E-state index in [2.05, 4.69) is 10.6 Å². The standard InChI is InChI=1S/C15H13FN2O3/c16-11-3-1-2-4-12(11)18-15(19)17-8-10-5-6-13-14(7-10)21-9-20-13/h1-7H,8-9H2,(H2,17,18,19). The topological polar surface area (TPSA) is 59.6 Å². The number of ether oxygens (including phenoxy) is 2. The van der Waals surface area contributed by atoms with Crippen LogP contribution in [0.3, 0.4) is 0 Å². The lowest BCUT2D eigenvalue weighted by atomic mass is 10.2. The molecule has 108 valence electrons. The van der Waals surface area contributed by atoms with Crippen LogP contribution >= 0.6 is 0 Å². The van der Waals surface area contributed by atoms with Gasteiger partial charge in [0.25, 0.3) is 0 Å². The van der Waals surface area contributed by atoms with Crippen LogP contribution in [0.2, 0.25) is 0 Å². The monoisotopic (exact) mass is 288 g/mol. The van der Waals surface area contributed by atoms with E-state index in [0.717, 1.165) is 5.56 Å². The predicted octanol–water partition coefficient (Wildman–Crippen LogP) is 2.88. The molecule has 2 amide bonds. The highest BCUT2D eigenvalue weighted by atomic mass is 19.1. The van der Waals surface area contributed by atoms with Gasteiger partial charge in [-0.25, -0.2) is 9.18 Å². The second-order valence-electron chi connectivity index (χ2n) is 4.48. The van der Waals surface area contributed by atoms with Gasteiger partial charge in [-0.2, -0.15) is 0 Å². The summed E-state index contributed by atoms with van der Waals surface area (Å²) in [4.78, 5) is 11.7. The summed E-state index contributed by atoms with van der Waals surface area (Å²) in [7, 11) is 0. The Morgan fingerprint density at radius 3 is 2.81 bits per heavy atom. The lowest BCUT2D eigenvalue weighted by Crippen LogP contribution is -2.28. The number of nitrogens with one attached hydrogen (secondary N) is 2. The summed E-state index contributed by atoms with van der Waals surface area (Å²) in [5.41, 5.74) is 1.00. The number of urea groups is 1. The Hall–Kier alpha value is -2.76. The fourth-order valence-electron chi connectivity index (χ4n) is 1.96. The zero-order valence-electron chi connectivity index (χ0n) is 11.1. The molecule has 0 radical (unpaired) electrons. The van der Waals surface area contributed by atoms with Crippen molar-refractivity contribution in [1.82, 2.24) is 5.32 Å². The Labute approximate surface area is 120 Å². The Bertz CT molecular complexity index is 676. The average molecular weight is 288 g/mol. The molecule has 1 heterocycles. The minimum absolute atomic E-state index is 0.140. The maximum Gasteiger partial charge on any atom is 0.319 e. The average Bonchev–Trinajstić information content (AvgIpc) is 2.95. The summed E-state index contributed by atoms with van der Waals surface area (Å²) >= 11 is 0. The van der Waals surface area contributed by atoms with E-state index in [1.165, 1.54) is 12.1 Å². The van der Waals surface area contributed by atoms with Crippen LogP contribution in [0.5, 0.6) is 11.5 Å². The summed E-state index contributed by atoms with van der Waals surface area (Å²) in [6.07, 6.45) is 0. The first kappa shape index (κ1) is 13.2. The number of benzene rings is 2. The normalized spacial score (nSPS) is 12.0. The minimum atomic E-state index is -0.476. The number of carbonyl (C=O) groups excluding carboxylic acids is 1. The Kier molecular flexibility index (Phi) is 3.59. The van der Waals surface area contributed by atoms with Gasteiger partial charge in [-0.1, -0.05) is 18.2 Å². The van der Waals surface area contributed by atoms with E-state index in [1.807, 2.05) is 6.07 Å². The van der Waals surface area contributed by atoms with Crippen LogP contribution in [0.15, 0.2) is 42.5 Å². The van der Waals surface area contributed by atoms with Crippen molar-refractivity contribution in [3.8, 4) is 11.5 Å². The van der Waals surface area contributed by atoms with Gasteiger partial charge in [0.2, 0.25) is 6.79 Å². The first-order valence-corrected chi connectivity index (χ1v) is 6.40. The molecule has 2 aromatic carbocycles. The van der Waals surface area contributed by atoms with Crippen molar-refractivity contribution >= 4 is 11.7 Å². The number of halogens is 1. The molecule has 1 aliphatic rings. The molecule has 6 heteroatoms. The van der Waals surface area contributed by atoms with Crippen molar-refractivity contribution in [1.29, 1.82) is 0 Å². The SMILES string of the molecule is O=C(NCc1ccc2c(c1)OCO2)Nc1ccccc1F. The largest absolute Gasteiger partial charge is 0.454 e. The van der Waals surface area contributed by atoms with Crippen molar-refractivity contribution in [2.24, 2.45) is 0 Å². The van der Waals surface area contributed by atoms with E-state index < -0.39 is 11.8 Å². The van der Waals surface area contributed by atoms with Crippen LogP contribution in [0.25, 0.3) is 0 Å². The molecule has 0 fully saturated rings. The Morgan fingerprint density at radius 1 is 1.14 bits per heavy atom. The van der Waals surface area contributed by atoms with Crippen LogP contribution in [0.1, 0.15) is 5.56 Å². The van der Waals surface area contributed by atoms with Gasteiger partial charge in [-0.3, -0.25) is 0 Å². The summed E-state index contributed by atoms with van der Waals surface area (Å²) in [6, 6.07) is 10.9. The van der Waals surface area contributed by atoms with Gasteiger partial charge in [0.1, 0.15) is 5.82 Å². The van der Waals surface area contributed by atoms with Crippen LogP contribution in [-0.4, -0.2) is 12.8 Å². The van der Waals surface area contributed by atoms with Gasteiger partial charge in [-0.15, -0.1) is 0 Å². The van der Waals surface area contributed by atoms with E-state index in [9.17, 15) is 9.18 Å². The molecule has 0 unspecified atom stereocenters. The molecule has 0 spiro atoms. The molecule has 0 saturated heterocycles. The molecule has 1 aliphatic heterocycles. The van der Waals surface area contributed by atoms with Crippen molar-refractivity contribution in [3.63, 3.8) is 0 Å². The smallest absolute Gasteiger partial charge is 0.319 e. The van der Waals surface area contributed by atoms with Gasteiger partial charge in [0, 0.05) is 6.54 Å². The zero-order valence-corrected chi connectivity index (χ0v) is 11.1. The number of anilines is 1. The van der Waals surface area contributed by atoms with Crippen LogP contribution in [-0.2, 0) is 6.54 Å². The van der Waals surface area contributed by atoms with Gasteiger partial charge in [0.15, 0.2) is 11.5 Å². The minimum Gasteiger partial charge on any atom is -0.454 e. The summed E-state index contributed by atoms with van der Waals surface area (Å²) in [6.45, 7) is 0.511. The Balaban J connectivity index is 1.58. The number of carbonyl (C=O) groups is 1. The molecule has 0 atom stereocenters. The fourth-order valence-corrected chi connectivity index (χ4v) is 1.96. The van der Waals surface area contributed by atoms with E-state index >= 15 is 0 Å². The zero-order chi connectivity index (χ0) is 14.7. The number of fused-ring (bicyclic) bond motifs is 1. The molecule has 0 aromatic heterocycles. The second-order valence-corrected chi connectivity index (χ2v) is 4.48. The molecule has 0 bridgehead atoms. The molecule has 3 rings (SSSR count). The highest BCUT2D eigenvalue weighted by Crippen LogP contribution is 2.32. The first-order valence-electron chi connectivity index (χ1n) is 6.40. The third-order valence-electron chi connectivity index (χ3n) is 3.01. The van der Waals surface area contributed by atoms with Crippen molar-refractivity contribution < 1.29 is 18.7 Å². The maximum atomic E-state index is 13.4. The Morgan fingerprint density at radius 2 is 1.95 bits per heavy atom. The van der Waals surface area contributed by atoms with E-state index in [-0.39, 0.29) is 12.5 Å². The molecule has 0 saturated carbocycles. The van der Waals surface area contributed by atoms with E-state index in [1.54, 1.807) is 24.3 Å². The van der Waals surface area contributed by atoms with Crippen LogP contribution < -0.4 is 20.1 Å². The molecular weight excluding hydrogens is 275 g/mol. The number of hydrogen-bond donors (Lipinski definition) is 2. The number of amides is 2. The summed E-state index contributed by atoms with van der Waals surface area (Å²) in [5, 5.41) is 5.10. The third-order valence-corrected chi connectivity index (χ3v) is 3.01. The summed E-state index contributed by atoms with van der Waals surface area (Å²) < 4.78 is 23.9. The number of rotatable bonds is 3. The molecule has 2 N–H and O–H groups in total. The van der Waals surface area contributed by atoms with Gasteiger partial charge in [-0.05, 0) is 29.8 Å². The van der Waals surface area contributed by atoms with E-state index in [4.69, 9.17) is 9.47 Å². The quantitative estimate of drug-likeness (QED) is 0.913. The number of hydrogen-bond acceptors (Lipinski definition) is 3. The van der Waals surface area contributed by atoms with E-state index in [0.29, 0.717) is 18.0 Å². The highest BCUT2D eigenvalue weighted by Gasteiger charge is 2.13. The van der Waals surface area contributed by atoms with Gasteiger partial charge >= 0.3 is 6.03 Å².